The van der Waals surface area contributed by atoms with Gasteiger partial charge in [-0.2, -0.15) is 0 Å². The van der Waals surface area contributed by atoms with Gasteiger partial charge in [0, 0.05) is 31.0 Å². The molecule has 3 heterocycles. The fourth-order valence-electron chi connectivity index (χ4n) is 3.56. The van der Waals surface area contributed by atoms with Crippen molar-refractivity contribution >= 4 is 5.97 Å². The molecular weight excluding hydrogens is 276 g/mol. The summed E-state index contributed by atoms with van der Waals surface area (Å²) in [6, 6.07) is 3.30. The van der Waals surface area contributed by atoms with E-state index in [2.05, 4.69) is 0 Å². The van der Waals surface area contributed by atoms with Crippen molar-refractivity contribution in [3.63, 3.8) is 0 Å². The van der Waals surface area contributed by atoms with Crippen LogP contribution < -0.4 is 9.47 Å². The maximum atomic E-state index is 11.5. The first kappa shape index (κ1) is 12.8. The second-order valence-corrected chi connectivity index (χ2v) is 5.87. The Kier molecular flexibility index (Phi) is 2.45. The minimum atomic E-state index is -0.922. The lowest BCUT2D eigenvalue weighted by Gasteiger charge is -2.30. The lowest BCUT2D eigenvalue weighted by Crippen LogP contribution is -2.38. The molecule has 2 fully saturated rings. The van der Waals surface area contributed by atoms with Gasteiger partial charge in [0.1, 0.15) is 29.5 Å². The van der Waals surface area contributed by atoms with Gasteiger partial charge in [-0.05, 0) is 0 Å². The van der Waals surface area contributed by atoms with Crippen LogP contribution in [-0.2, 0) is 20.7 Å². The normalized spacial score (nSPS) is 36.3. The molecule has 0 aromatic heterocycles. The van der Waals surface area contributed by atoms with E-state index >= 15 is 0 Å². The Bertz CT molecular complexity index is 627. The van der Waals surface area contributed by atoms with Crippen LogP contribution in [0.25, 0.3) is 0 Å². The van der Waals surface area contributed by atoms with Crippen LogP contribution in [0.1, 0.15) is 18.9 Å². The molecule has 3 aliphatic rings. The van der Waals surface area contributed by atoms with Crippen molar-refractivity contribution in [2.24, 2.45) is 5.92 Å². The fraction of sp³-hybridized carbons (Fsp3) is 0.533. The Morgan fingerprint density at radius 3 is 2.95 bits per heavy atom. The molecule has 21 heavy (non-hydrogen) atoms. The van der Waals surface area contributed by atoms with E-state index in [1.807, 2.05) is 0 Å². The Hall–Kier alpha value is -1.95. The number of hydrogen-bond acceptors (Lipinski definition) is 6. The van der Waals surface area contributed by atoms with Crippen LogP contribution in [0.3, 0.4) is 0 Å². The van der Waals surface area contributed by atoms with E-state index in [0.717, 1.165) is 0 Å². The molecule has 112 valence electrons. The lowest BCUT2D eigenvalue weighted by atomic mass is 9.89. The number of esters is 1. The first-order valence-electron chi connectivity index (χ1n) is 6.96. The highest BCUT2D eigenvalue weighted by Crippen LogP contribution is 2.50. The van der Waals surface area contributed by atoms with Crippen LogP contribution in [0.2, 0.25) is 0 Å². The summed E-state index contributed by atoms with van der Waals surface area (Å²) in [4.78, 5) is 11.5. The van der Waals surface area contributed by atoms with Gasteiger partial charge in [0.15, 0.2) is 0 Å². The molecule has 6 nitrogen and oxygen atoms in total. The van der Waals surface area contributed by atoms with Gasteiger partial charge in [-0.3, -0.25) is 4.79 Å². The van der Waals surface area contributed by atoms with Crippen molar-refractivity contribution in [3.05, 3.63) is 17.7 Å². The smallest absolute Gasteiger partial charge is 0.308 e. The van der Waals surface area contributed by atoms with Crippen molar-refractivity contribution in [1.29, 1.82) is 0 Å². The molecule has 3 aliphatic heterocycles. The minimum Gasteiger partial charge on any atom is -0.507 e. The third kappa shape index (κ3) is 1.72. The quantitative estimate of drug-likeness (QED) is 0.788. The predicted molar refractivity (Wildman–Crippen MR) is 70.3 cm³/mol. The monoisotopic (exact) mass is 292 g/mol. The zero-order chi connectivity index (χ0) is 14.8. The van der Waals surface area contributed by atoms with Crippen LogP contribution in [0, 0.1) is 5.92 Å². The zero-order valence-electron chi connectivity index (χ0n) is 11.8. The Balaban J connectivity index is 1.71. The maximum Gasteiger partial charge on any atom is 0.308 e. The molecule has 0 bridgehead atoms. The standard InChI is InChI=1S/C15H16O6/c1-15-9(6-13(17)21-15)14-12(20-15)5-8-10(16)3-7(18-2)4-11(8)19-14/h3-4,9,12,14,16H,5-6H2,1-2H3/t9-,12-,14-,15-/m1/s1. The van der Waals surface area contributed by atoms with Gasteiger partial charge in [0.2, 0.25) is 5.79 Å². The minimum absolute atomic E-state index is 0.128. The van der Waals surface area contributed by atoms with Crippen LogP contribution in [0.15, 0.2) is 12.1 Å². The first-order chi connectivity index (χ1) is 10.00. The average molecular weight is 292 g/mol. The molecule has 1 aromatic carbocycles. The van der Waals surface area contributed by atoms with Crippen molar-refractivity contribution in [3.8, 4) is 17.2 Å². The van der Waals surface area contributed by atoms with E-state index in [0.29, 0.717) is 29.9 Å². The summed E-state index contributed by atoms with van der Waals surface area (Å²) in [6.07, 6.45) is 0.350. The van der Waals surface area contributed by atoms with Crippen LogP contribution in [-0.4, -0.2) is 36.2 Å². The molecule has 4 rings (SSSR count). The highest BCUT2D eigenvalue weighted by Gasteiger charge is 2.61. The number of rotatable bonds is 1. The SMILES string of the molecule is COc1cc(O)c2c(c1)O[C@@H]1[C@H]3CC(=O)O[C@@]3(C)O[C@@H]1C2. The number of carbonyl (C=O) groups is 1. The molecule has 0 spiro atoms. The molecule has 0 radical (unpaired) electrons. The number of aromatic hydroxyl groups is 1. The van der Waals surface area contributed by atoms with Gasteiger partial charge in [-0.1, -0.05) is 0 Å². The highest BCUT2D eigenvalue weighted by atomic mass is 16.7. The van der Waals surface area contributed by atoms with Gasteiger partial charge in [0.25, 0.3) is 0 Å². The summed E-state index contributed by atoms with van der Waals surface area (Å²) in [5.74, 6) is -0.0647. The number of ether oxygens (including phenoxy) is 4. The molecule has 0 unspecified atom stereocenters. The van der Waals surface area contributed by atoms with E-state index in [-0.39, 0.29) is 29.8 Å². The second kappa shape index (κ2) is 4.04. The van der Waals surface area contributed by atoms with E-state index in [1.165, 1.54) is 7.11 Å². The molecule has 2 saturated heterocycles. The van der Waals surface area contributed by atoms with Gasteiger partial charge in [-0.15, -0.1) is 0 Å². The molecule has 0 saturated carbocycles. The van der Waals surface area contributed by atoms with E-state index in [1.54, 1.807) is 19.1 Å². The summed E-state index contributed by atoms with van der Waals surface area (Å²) in [6.45, 7) is 1.77. The summed E-state index contributed by atoms with van der Waals surface area (Å²) in [5.41, 5.74) is 0.701. The molecule has 1 N–H and O–H groups in total. The van der Waals surface area contributed by atoms with Crippen LogP contribution in [0.5, 0.6) is 17.2 Å². The Morgan fingerprint density at radius 2 is 2.19 bits per heavy atom. The van der Waals surface area contributed by atoms with Crippen molar-refractivity contribution in [2.45, 2.75) is 37.8 Å². The Labute approximate surface area is 121 Å². The average Bonchev–Trinajstić information content (AvgIpc) is 2.85. The third-order valence-electron chi connectivity index (χ3n) is 4.59. The highest BCUT2D eigenvalue weighted by molar-refractivity contribution is 5.73. The van der Waals surface area contributed by atoms with E-state index < -0.39 is 5.79 Å². The van der Waals surface area contributed by atoms with Crippen molar-refractivity contribution < 1.29 is 28.8 Å². The largest absolute Gasteiger partial charge is 0.507 e. The summed E-state index contributed by atoms with van der Waals surface area (Å²) in [5, 5.41) is 10.1. The molecule has 0 aliphatic carbocycles. The van der Waals surface area contributed by atoms with Crippen molar-refractivity contribution in [1.82, 2.24) is 0 Å². The number of benzene rings is 1. The molecule has 6 heteroatoms. The number of fused-ring (bicyclic) bond motifs is 4. The maximum absolute atomic E-state index is 11.5. The van der Waals surface area contributed by atoms with E-state index in [9.17, 15) is 9.90 Å². The third-order valence-corrected chi connectivity index (χ3v) is 4.59. The number of phenols is 1. The van der Waals surface area contributed by atoms with Gasteiger partial charge in [-0.25, -0.2) is 0 Å². The van der Waals surface area contributed by atoms with Gasteiger partial charge < -0.3 is 24.1 Å². The molecule has 1 aromatic rings. The summed E-state index contributed by atoms with van der Waals surface area (Å²) >= 11 is 0. The number of methoxy groups -OCH3 is 1. The number of phenolic OH excluding ortho intramolecular Hbond substituents is 1. The second-order valence-electron chi connectivity index (χ2n) is 5.87. The lowest BCUT2D eigenvalue weighted by molar-refractivity contribution is -0.206. The zero-order valence-corrected chi connectivity index (χ0v) is 11.8. The van der Waals surface area contributed by atoms with Gasteiger partial charge in [0.05, 0.1) is 19.4 Å². The van der Waals surface area contributed by atoms with Gasteiger partial charge >= 0.3 is 5.97 Å². The molecule has 4 atom stereocenters. The predicted octanol–water partition coefficient (Wildman–Crippen LogP) is 1.38. The number of carbonyl (C=O) groups excluding carboxylic acids is 1. The molecule has 0 amide bonds. The van der Waals surface area contributed by atoms with Crippen molar-refractivity contribution in [2.75, 3.05) is 7.11 Å². The van der Waals surface area contributed by atoms with E-state index in [4.69, 9.17) is 18.9 Å². The van der Waals surface area contributed by atoms with Crippen LogP contribution in [0.4, 0.5) is 0 Å². The summed E-state index contributed by atoms with van der Waals surface area (Å²) < 4.78 is 22.4. The van der Waals surface area contributed by atoms with Crippen LogP contribution >= 0.6 is 0 Å². The fourth-order valence-corrected chi connectivity index (χ4v) is 3.56. The topological polar surface area (TPSA) is 74.2 Å². The first-order valence-corrected chi connectivity index (χ1v) is 6.96. The molecular formula is C15H16O6. The number of hydrogen-bond donors (Lipinski definition) is 1. The summed E-state index contributed by atoms with van der Waals surface area (Å²) in [7, 11) is 1.53. The Morgan fingerprint density at radius 1 is 1.38 bits per heavy atom.